The van der Waals surface area contributed by atoms with Crippen molar-refractivity contribution in [2.45, 2.75) is 31.7 Å². The van der Waals surface area contributed by atoms with Crippen molar-refractivity contribution in [2.24, 2.45) is 0 Å². The van der Waals surface area contributed by atoms with Gasteiger partial charge < -0.3 is 15.1 Å². The lowest BCUT2D eigenvalue weighted by molar-refractivity contribution is -0.157. The molecule has 8 nitrogen and oxygen atoms in total. The van der Waals surface area contributed by atoms with Gasteiger partial charge in [-0.2, -0.15) is 5.01 Å². The van der Waals surface area contributed by atoms with Crippen LogP contribution in [0.4, 0.5) is 4.79 Å². The zero-order chi connectivity index (χ0) is 28.1. The van der Waals surface area contributed by atoms with Crippen molar-refractivity contribution in [2.75, 3.05) is 19.6 Å². The minimum absolute atomic E-state index is 0.0181. The van der Waals surface area contributed by atoms with E-state index in [9.17, 15) is 14.4 Å². The highest BCUT2D eigenvalue weighted by Gasteiger charge is 2.52. The molecule has 3 aromatic carbocycles. The summed E-state index contributed by atoms with van der Waals surface area (Å²) >= 11 is 6.45. The Morgan fingerprint density at radius 3 is 2.30 bits per heavy atom. The van der Waals surface area contributed by atoms with E-state index in [-0.39, 0.29) is 37.5 Å². The first-order valence-electron chi connectivity index (χ1n) is 13.3. The Morgan fingerprint density at radius 2 is 1.62 bits per heavy atom. The Morgan fingerprint density at radius 1 is 0.975 bits per heavy atom. The normalized spacial score (nSPS) is 18.9. The minimum atomic E-state index is -0.709. The number of nitrogens with zero attached hydrogens (tertiary/aromatic N) is 4. The van der Waals surface area contributed by atoms with E-state index in [2.05, 4.69) is 11.9 Å². The number of fused-ring (bicyclic) bond motifs is 1. The number of hydrazine groups is 1. The smallest absolute Gasteiger partial charge is 0.332 e. The van der Waals surface area contributed by atoms with Gasteiger partial charge in [0.1, 0.15) is 12.2 Å². The SMILES string of the molecule is C=CCN(C(=O)NCc1ccccc1)N1CC(=O)N2[C@@H](Cc3ccccc3)C(=O)N(Cc3ccccc3Cl)C[C@@H]21. The molecule has 0 spiro atoms. The van der Waals surface area contributed by atoms with Crippen molar-refractivity contribution in [3.8, 4) is 0 Å². The second-order valence-electron chi connectivity index (χ2n) is 9.91. The van der Waals surface area contributed by atoms with Gasteiger partial charge in [0.25, 0.3) is 0 Å². The molecule has 5 rings (SSSR count). The molecule has 4 amide bonds. The van der Waals surface area contributed by atoms with Gasteiger partial charge in [-0.1, -0.05) is 96.5 Å². The number of hydrogen-bond donors (Lipinski definition) is 1. The molecular weight excluding hydrogens is 526 g/mol. The highest BCUT2D eigenvalue weighted by atomic mass is 35.5. The lowest BCUT2D eigenvalue weighted by Crippen LogP contribution is -2.66. The number of halogens is 1. The van der Waals surface area contributed by atoms with E-state index in [1.165, 1.54) is 5.01 Å². The van der Waals surface area contributed by atoms with E-state index in [1.807, 2.05) is 78.9 Å². The molecule has 2 saturated heterocycles. The lowest BCUT2D eigenvalue weighted by Gasteiger charge is -2.46. The van der Waals surface area contributed by atoms with Gasteiger partial charge in [-0.15, -0.1) is 6.58 Å². The predicted molar refractivity (Wildman–Crippen MR) is 154 cm³/mol. The van der Waals surface area contributed by atoms with Gasteiger partial charge >= 0.3 is 6.03 Å². The molecule has 2 aliphatic rings. The van der Waals surface area contributed by atoms with Gasteiger partial charge in [-0.05, 0) is 22.8 Å². The van der Waals surface area contributed by atoms with Crippen LogP contribution in [0.1, 0.15) is 16.7 Å². The van der Waals surface area contributed by atoms with Gasteiger partial charge in [0, 0.05) is 24.5 Å². The Labute approximate surface area is 239 Å². The van der Waals surface area contributed by atoms with E-state index in [0.29, 0.717) is 24.5 Å². The van der Waals surface area contributed by atoms with Crippen LogP contribution in [-0.4, -0.2) is 69.5 Å². The molecular formula is C31H32ClN5O3. The molecule has 206 valence electrons. The van der Waals surface area contributed by atoms with Gasteiger partial charge in [-0.3, -0.25) is 14.6 Å². The number of urea groups is 1. The molecule has 1 N–H and O–H groups in total. The van der Waals surface area contributed by atoms with Gasteiger partial charge in [0.05, 0.1) is 19.6 Å². The summed E-state index contributed by atoms with van der Waals surface area (Å²) in [5.41, 5.74) is 2.74. The lowest BCUT2D eigenvalue weighted by atomic mass is 10.00. The van der Waals surface area contributed by atoms with E-state index in [1.54, 1.807) is 27.0 Å². The summed E-state index contributed by atoms with van der Waals surface area (Å²) in [7, 11) is 0. The molecule has 2 atom stereocenters. The van der Waals surface area contributed by atoms with E-state index >= 15 is 0 Å². The number of hydrogen-bond acceptors (Lipinski definition) is 4. The zero-order valence-corrected chi connectivity index (χ0v) is 22.9. The average molecular weight is 558 g/mol. The summed E-state index contributed by atoms with van der Waals surface area (Å²) in [6, 6.07) is 25.7. The summed E-state index contributed by atoms with van der Waals surface area (Å²) < 4.78 is 0. The quantitative estimate of drug-likeness (QED) is 0.402. The number of piperazine rings is 1. The maximum absolute atomic E-state index is 13.9. The second-order valence-corrected chi connectivity index (χ2v) is 10.3. The standard InChI is InChI=1S/C31H32ClN5O3/c1-2-17-35(31(40)33-19-24-13-7-4-8-14-24)36-22-29(38)37-27(18-23-11-5-3-6-12-23)30(39)34(21-28(36)37)20-25-15-9-10-16-26(25)32/h2-16,27-28H,1,17-22H2,(H,33,40)/t27-,28+/m0/s1. The fourth-order valence-corrected chi connectivity index (χ4v) is 5.55. The van der Waals surface area contributed by atoms with Gasteiger partial charge in [-0.25, -0.2) is 4.79 Å². The molecule has 0 aliphatic carbocycles. The Bertz CT molecular complexity index is 1370. The molecule has 0 saturated carbocycles. The molecule has 40 heavy (non-hydrogen) atoms. The number of carbonyl (C=O) groups is 3. The molecule has 0 bridgehead atoms. The first-order chi connectivity index (χ1) is 19.5. The average Bonchev–Trinajstić information content (AvgIpc) is 3.30. The molecule has 2 aliphatic heterocycles. The minimum Gasteiger partial charge on any atom is -0.333 e. The number of rotatable bonds is 9. The maximum atomic E-state index is 13.9. The second kappa shape index (κ2) is 12.4. The van der Waals surface area contributed by atoms with Crippen molar-refractivity contribution >= 4 is 29.4 Å². The largest absolute Gasteiger partial charge is 0.333 e. The predicted octanol–water partition coefficient (Wildman–Crippen LogP) is 4.08. The van der Waals surface area contributed by atoms with E-state index < -0.39 is 12.2 Å². The van der Waals surface area contributed by atoms with Gasteiger partial charge in [0.2, 0.25) is 11.8 Å². The first-order valence-corrected chi connectivity index (χ1v) is 13.7. The molecule has 0 aromatic heterocycles. The van der Waals surface area contributed by atoms with Crippen LogP contribution in [0.25, 0.3) is 0 Å². The van der Waals surface area contributed by atoms with Crippen LogP contribution in [-0.2, 0) is 29.1 Å². The fraction of sp³-hybridized carbons (Fsp3) is 0.258. The summed E-state index contributed by atoms with van der Waals surface area (Å²) in [5, 5.41) is 6.81. The third-order valence-electron chi connectivity index (χ3n) is 7.29. The fourth-order valence-electron chi connectivity index (χ4n) is 5.35. The topological polar surface area (TPSA) is 76.2 Å². The van der Waals surface area contributed by atoms with E-state index in [0.717, 1.165) is 16.7 Å². The van der Waals surface area contributed by atoms with Crippen molar-refractivity contribution < 1.29 is 14.4 Å². The summed E-state index contributed by atoms with van der Waals surface area (Å²) in [6.45, 7) is 4.91. The Hall–Kier alpha value is -4.14. The van der Waals surface area contributed by atoms with E-state index in [4.69, 9.17) is 11.6 Å². The molecule has 3 aromatic rings. The van der Waals surface area contributed by atoms with Crippen LogP contribution in [0.2, 0.25) is 5.02 Å². The Kier molecular flexibility index (Phi) is 8.48. The summed E-state index contributed by atoms with van der Waals surface area (Å²) in [4.78, 5) is 44.2. The highest BCUT2D eigenvalue weighted by Crippen LogP contribution is 2.31. The van der Waals surface area contributed by atoms with Crippen molar-refractivity contribution in [3.63, 3.8) is 0 Å². The zero-order valence-electron chi connectivity index (χ0n) is 22.2. The molecule has 2 heterocycles. The number of carbonyl (C=O) groups excluding carboxylic acids is 3. The summed E-state index contributed by atoms with van der Waals surface area (Å²) in [5.74, 6) is -0.333. The van der Waals surface area contributed by atoms with Crippen LogP contribution in [0.5, 0.6) is 0 Å². The van der Waals surface area contributed by atoms with Crippen molar-refractivity contribution in [1.29, 1.82) is 0 Å². The van der Waals surface area contributed by atoms with Crippen molar-refractivity contribution in [3.05, 3.63) is 119 Å². The van der Waals surface area contributed by atoms with Gasteiger partial charge in [0.15, 0.2) is 0 Å². The van der Waals surface area contributed by atoms with Crippen molar-refractivity contribution in [1.82, 2.24) is 25.1 Å². The van der Waals surface area contributed by atoms with Crippen LogP contribution in [0.15, 0.2) is 97.6 Å². The third kappa shape index (κ3) is 5.88. The molecule has 0 unspecified atom stereocenters. The first kappa shape index (κ1) is 27.4. The number of benzene rings is 3. The number of amides is 4. The van der Waals surface area contributed by atoms with Crippen LogP contribution < -0.4 is 5.32 Å². The third-order valence-corrected chi connectivity index (χ3v) is 7.66. The summed E-state index contributed by atoms with van der Waals surface area (Å²) in [6.07, 6.45) is 1.48. The maximum Gasteiger partial charge on any atom is 0.332 e. The molecule has 2 fully saturated rings. The Balaban J connectivity index is 1.43. The van der Waals surface area contributed by atoms with Crippen LogP contribution >= 0.6 is 11.6 Å². The monoisotopic (exact) mass is 557 g/mol. The number of nitrogens with one attached hydrogen (secondary N) is 1. The van der Waals surface area contributed by atoms with Crippen LogP contribution in [0.3, 0.4) is 0 Å². The van der Waals surface area contributed by atoms with Crippen LogP contribution in [0, 0.1) is 0 Å². The molecule has 0 radical (unpaired) electrons. The highest BCUT2D eigenvalue weighted by molar-refractivity contribution is 6.31. The molecule has 9 heteroatoms.